The third kappa shape index (κ3) is 8.56. The Balaban J connectivity index is 1.59. The van der Waals surface area contributed by atoms with Crippen molar-refractivity contribution in [3.8, 4) is 0 Å². The van der Waals surface area contributed by atoms with Gasteiger partial charge in [-0.25, -0.2) is 4.79 Å². The average Bonchev–Trinajstić information content (AvgIpc) is 2.83. The summed E-state index contributed by atoms with van der Waals surface area (Å²) in [6.45, 7) is 7.41. The maximum atomic E-state index is 12.3. The van der Waals surface area contributed by atoms with Crippen molar-refractivity contribution in [1.82, 2.24) is 4.90 Å². The van der Waals surface area contributed by atoms with E-state index in [4.69, 9.17) is 9.47 Å². The van der Waals surface area contributed by atoms with Gasteiger partial charge < -0.3 is 19.7 Å². The number of nitrogens with zero attached hydrogens (tertiary/aromatic N) is 1. The van der Waals surface area contributed by atoms with Crippen LogP contribution >= 0.6 is 0 Å². The maximum absolute atomic E-state index is 12.3. The molecule has 0 aliphatic carbocycles. The molecule has 3 aromatic carbocycles. The largest absolute Gasteiger partial charge is 0.444 e. The van der Waals surface area contributed by atoms with E-state index in [0.29, 0.717) is 19.6 Å². The number of nitrogens with one attached hydrogen (secondary N) is 1. The normalized spacial score (nSPS) is 12.1. The Morgan fingerprint density at radius 3 is 2.24 bits per heavy atom. The molecule has 3 rings (SSSR count). The minimum atomic E-state index is -0.514. The van der Waals surface area contributed by atoms with Crippen LogP contribution in [0.5, 0.6) is 0 Å². The fourth-order valence-electron chi connectivity index (χ4n) is 3.52. The van der Waals surface area contributed by atoms with Gasteiger partial charge in [0.2, 0.25) is 0 Å². The van der Waals surface area contributed by atoms with Crippen molar-refractivity contribution in [3.63, 3.8) is 0 Å². The fraction of sp³-hybridized carbons (Fsp3) is 0.345. The Labute approximate surface area is 203 Å². The molecule has 0 aliphatic rings. The highest BCUT2D eigenvalue weighted by molar-refractivity contribution is 5.67. The van der Waals surface area contributed by atoms with Crippen LogP contribution in [0.2, 0.25) is 0 Å². The first-order chi connectivity index (χ1) is 16.3. The molecule has 0 radical (unpaired) electrons. The van der Waals surface area contributed by atoms with Crippen LogP contribution in [0.1, 0.15) is 50.0 Å². The number of benzene rings is 3. The van der Waals surface area contributed by atoms with Crippen molar-refractivity contribution < 1.29 is 14.3 Å². The topological polar surface area (TPSA) is 50.8 Å². The van der Waals surface area contributed by atoms with E-state index in [2.05, 4.69) is 47.8 Å². The quantitative estimate of drug-likeness (QED) is 0.361. The van der Waals surface area contributed by atoms with Gasteiger partial charge in [0.25, 0.3) is 0 Å². The van der Waals surface area contributed by atoms with Gasteiger partial charge >= 0.3 is 6.09 Å². The molecule has 1 N–H and O–H groups in total. The smallest absolute Gasteiger partial charge is 0.410 e. The van der Waals surface area contributed by atoms with Crippen LogP contribution in [0.3, 0.4) is 0 Å². The second-order valence-electron chi connectivity index (χ2n) is 9.44. The van der Waals surface area contributed by atoms with Gasteiger partial charge in [-0.3, -0.25) is 0 Å². The summed E-state index contributed by atoms with van der Waals surface area (Å²) in [4.78, 5) is 14.0. The predicted octanol–water partition coefficient (Wildman–Crippen LogP) is 6.81. The Morgan fingerprint density at radius 1 is 0.912 bits per heavy atom. The molecule has 0 aromatic heterocycles. The van der Waals surface area contributed by atoms with Gasteiger partial charge in [-0.15, -0.1) is 0 Å². The number of carbonyl (C=O) groups is 1. The summed E-state index contributed by atoms with van der Waals surface area (Å²) in [6, 6.07) is 28.8. The first-order valence-electron chi connectivity index (χ1n) is 11.8. The second kappa shape index (κ2) is 12.2. The summed E-state index contributed by atoms with van der Waals surface area (Å²) in [5, 5.41) is 3.48. The van der Waals surface area contributed by atoms with E-state index < -0.39 is 5.60 Å². The molecule has 5 nitrogen and oxygen atoms in total. The minimum absolute atomic E-state index is 0.132. The number of hydrogen-bond acceptors (Lipinski definition) is 4. The first kappa shape index (κ1) is 25.3. The molecule has 0 aliphatic heterocycles. The third-order valence-corrected chi connectivity index (χ3v) is 5.32. The zero-order valence-electron chi connectivity index (χ0n) is 20.7. The number of rotatable bonds is 10. The van der Waals surface area contributed by atoms with Gasteiger partial charge in [-0.2, -0.15) is 0 Å². The molecule has 1 unspecified atom stereocenters. The van der Waals surface area contributed by atoms with Crippen molar-refractivity contribution in [1.29, 1.82) is 0 Å². The zero-order chi connectivity index (χ0) is 24.4. The molecule has 0 heterocycles. The number of amides is 1. The lowest BCUT2D eigenvalue weighted by Crippen LogP contribution is -2.35. The average molecular weight is 461 g/mol. The van der Waals surface area contributed by atoms with E-state index in [1.54, 1.807) is 11.9 Å². The molecule has 34 heavy (non-hydrogen) atoms. The summed E-state index contributed by atoms with van der Waals surface area (Å²) in [6.07, 6.45) is 0.217. The van der Waals surface area contributed by atoms with Gasteiger partial charge in [0, 0.05) is 25.8 Å². The molecular formula is C29H36N2O3. The van der Waals surface area contributed by atoms with E-state index in [1.165, 1.54) is 5.56 Å². The Morgan fingerprint density at radius 2 is 1.56 bits per heavy atom. The van der Waals surface area contributed by atoms with E-state index >= 15 is 0 Å². The fourth-order valence-corrected chi connectivity index (χ4v) is 3.52. The summed E-state index contributed by atoms with van der Waals surface area (Å²) < 4.78 is 11.8. The van der Waals surface area contributed by atoms with Crippen LogP contribution in [-0.4, -0.2) is 30.2 Å². The summed E-state index contributed by atoms with van der Waals surface area (Å²) in [7, 11) is 1.76. The molecule has 0 fully saturated rings. The summed E-state index contributed by atoms with van der Waals surface area (Å²) >= 11 is 0. The Bertz CT molecular complexity index is 1020. The van der Waals surface area contributed by atoms with Gasteiger partial charge in [0.1, 0.15) is 5.60 Å². The van der Waals surface area contributed by atoms with E-state index in [9.17, 15) is 4.79 Å². The molecule has 5 heteroatoms. The van der Waals surface area contributed by atoms with Crippen LogP contribution in [0, 0.1) is 0 Å². The van der Waals surface area contributed by atoms with Crippen molar-refractivity contribution in [2.45, 2.75) is 52.0 Å². The summed E-state index contributed by atoms with van der Waals surface area (Å²) in [5.41, 5.74) is 3.98. The predicted molar refractivity (Wildman–Crippen MR) is 138 cm³/mol. The van der Waals surface area contributed by atoms with E-state index in [0.717, 1.165) is 23.4 Å². The molecule has 3 aromatic rings. The Hall–Kier alpha value is -3.31. The van der Waals surface area contributed by atoms with Crippen LogP contribution in [-0.2, 0) is 22.6 Å². The lowest BCUT2D eigenvalue weighted by atomic mass is 10.1. The number of anilines is 1. The number of hydrogen-bond donors (Lipinski definition) is 1. The molecule has 180 valence electrons. The second-order valence-corrected chi connectivity index (χ2v) is 9.44. The standard InChI is InChI=1S/C29H36N2O3/c1-29(2,3)34-28(32)31(4)19-18-27(25-15-9-6-10-16-25)33-22-24-14-11-17-26(20-24)30-21-23-12-7-5-8-13-23/h5-17,20,27,30H,18-19,21-22H2,1-4H3. The van der Waals surface area contributed by atoms with Gasteiger partial charge in [-0.1, -0.05) is 72.8 Å². The number of ether oxygens (including phenoxy) is 2. The van der Waals surface area contributed by atoms with Gasteiger partial charge in [0.15, 0.2) is 0 Å². The molecule has 0 saturated carbocycles. The molecule has 1 atom stereocenters. The van der Waals surface area contributed by atoms with Gasteiger partial charge in [-0.05, 0) is 56.0 Å². The molecule has 0 spiro atoms. The van der Waals surface area contributed by atoms with Crippen molar-refractivity contribution in [3.05, 3.63) is 102 Å². The lowest BCUT2D eigenvalue weighted by Gasteiger charge is -2.26. The number of carbonyl (C=O) groups excluding carboxylic acids is 1. The van der Waals surface area contributed by atoms with Crippen molar-refractivity contribution in [2.24, 2.45) is 0 Å². The monoisotopic (exact) mass is 460 g/mol. The van der Waals surface area contributed by atoms with Crippen molar-refractivity contribution >= 4 is 11.8 Å². The maximum Gasteiger partial charge on any atom is 0.410 e. The van der Waals surface area contributed by atoms with E-state index in [1.807, 2.05) is 63.2 Å². The van der Waals surface area contributed by atoms with Crippen LogP contribution in [0.4, 0.5) is 10.5 Å². The van der Waals surface area contributed by atoms with Crippen LogP contribution in [0.25, 0.3) is 0 Å². The highest BCUT2D eigenvalue weighted by atomic mass is 16.6. The molecule has 0 saturated heterocycles. The van der Waals surface area contributed by atoms with E-state index in [-0.39, 0.29) is 12.2 Å². The first-order valence-corrected chi connectivity index (χ1v) is 11.8. The Kier molecular flexibility index (Phi) is 9.11. The highest BCUT2D eigenvalue weighted by Gasteiger charge is 2.21. The summed E-state index contributed by atoms with van der Waals surface area (Å²) in [5.74, 6) is 0. The SMILES string of the molecule is CN(CCC(OCc1cccc(NCc2ccccc2)c1)c1ccccc1)C(=O)OC(C)(C)C. The van der Waals surface area contributed by atoms with Gasteiger partial charge in [0.05, 0.1) is 12.7 Å². The zero-order valence-corrected chi connectivity index (χ0v) is 20.7. The molecule has 0 bridgehead atoms. The molecule has 1 amide bonds. The van der Waals surface area contributed by atoms with Crippen molar-refractivity contribution in [2.75, 3.05) is 18.9 Å². The third-order valence-electron chi connectivity index (χ3n) is 5.32. The minimum Gasteiger partial charge on any atom is -0.444 e. The lowest BCUT2D eigenvalue weighted by molar-refractivity contribution is 0.0138. The highest BCUT2D eigenvalue weighted by Crippen LogP contribution is 2.24. The van der Waals surface area contributed by atoms with Crippen LogP contribution < -0.4 is 5.32 Å². The van der Waals surface area contributed by atoms with Crippen LogP contribution in [0.15, 0.2) is 84.9 Å². The molecular weight excluding hydrogens is 424 g/mol.